The van der Waals surface area contributed by atoms with Crippen LogP contribution >= 0.6 is 0 Å². The maximum atomic E-state index is 6.94. The fraction of sp³-hybridized carbons (Fsp3) is 0.317. The van der Waals surface area contributed by atoms with Crippen LogP contribution in [-0.2, 0) is 16.2 Å². The first kappa shape index (κ1) is 46.5. The predicted octanol–water partition coefficient (Wildman–Crippen LogP) is 17.1. The molecule has 0 spiro atoms. The van der Waals surface area contributed by atoms with E-state index < -0.39 is 0 Å². The number of benzene rings is 6. The first-order chi connectivity index (χ1) is 32.0. The van der Waals surface area contributed by atoms with Crippen LogP contribution in [0.3, 0.4) is 0 Å². The number of aromatic nitrogens is 2. The summed E-state index contributed by atoms with van der Waals surface area (Å²) in [6.07, 6.45) is 1.95. The van der Waals surface area contributed by atoms with Crippen LogP contribution < -0.4 is 14.5 Å². The minimum Gasteiger partial charge on any atom is -0.457 e. The van der Waals surface area contributed by atoms with E-state index in [1.54, 1.807) is 0 Å². The quantitative estimate of drug-likeness (QED) is 0.152. The molecule has 0 saturated carbocycles. The lowest BCUT2D eigenvalue weighted by Gasteiger charge is -2.34. The summed E-state index contributed by atoms with van der Waals surface area (Å²) in [5, 5.41) is 2.35. The maximum Gasteiger partial charge on any atom is 0.137 e. The Bertz CT molecular complexity index is 3180. The van der Waals surface area contributed by atoms with Crippen molar-refractivity contribution in [3.05, 3.63) is 192 Å². The van der Waals surface area contributed by atoms with E-state index in [-0.39, 0.29) is 27.1 Å². The second kappa shape index (κ2) is 16.9. The summed E-state index contributed by atoms with van der Waals surface area (Å²) in [5.41, 5.74) is 14.1. The average molecular weight is 899 g/mol. The molecule has 0 fully saturated rings. The molecule has 3 heterocycles. The molecule has 0 unspecified atom stereocenters. The summed E-state index contributed by atoms with van der Waals surface area (Å²) in [6, 6.07) is 55.3. The van der Waals surface area contributed by atoms with Gasteiger partial charge in [0.15, 0.2) is 0 Å². The monoisotopic (exact) mass is 899 g/mol. The van der Waals surface area contributed by atoms with Crippen LogP contribution in [0.2, 0.25) is 0 Å². The molecule has 8 aromatic rings. The minimum atomic E-state index is -0.189. The molecule has 1 aliphatic heterocycles. The van der Waals surface area contributed by atoms with Gasteiger partial charge in [0.05, 0.1) is 17.7 Å². The molecule has 1 aliphatic rings. The summed E-state index contributed by atoms with van der Waals surface area (Å²) >= 11 is 0. The van der Waals surface area contributed by atoms with E-state index in [1.807, 2.05) is 6.20 Å². The summed E-state index contributed by atoms with van der Waals surface area (Å²) in [7, 11) is 0. The second-order valence-corrected chi connectivity index (χ2v) is 23.6. The van der Waals surface area contributed by atoms with Crippen molar-refractivity contribution < 1.29 is 4.74 Å². The van der Waals surface area contributed by atoms with Gasteiger partial charge in [-0.15, -0.1) is 0 Å². The number of anilines is 2. The maximum absolute atomic E-state index is 6.94. The van der Waals surface area contributed by atoms with Crippen LogP contribution in [0.5, 0.6) is 11.5 Å². The van der Waals surface area contributed by atoms with Crippen LogP contribution in [0.25, 0.3) is 38.8 Å². The molecule has 9 rings (SSSR count). The lowest BCUT2D eigenvalue weighted by atomic mass is 9.78. The molecule has 0 N–H and O–H groups in total. The van der Waals surface area contributed by atoms with Gasteiger partial charge in [-0.05, 0) is 105 Å². The van der Waals surface area contributed by atoms with E-state index in [9.17, 15) is 0 Å². The largest absolute Gasteiger partial charge is 0.457 e. The molecule has 0 atom stereocenters. The molecule has 348 valence electrons. The predicted molar refractivity (Wildman–Crippen MR) is 289 cm³/mol. The Balaban J connectivity index is 1.14. The number of fused-ring (bicyclic) bond motifs is 3. The van der Waals surface area contributed by atoms with Gasteiger partial charge >= 0.3 is 0 Å². The minimum absolute atomic E-state index is 0.0321. The van der Waals surface area contributed by atoms with Gasteiger partial charge < -0.3 is 14.5 Å². The first-order valence-corrected chi connectivity index (χ1v) is 24.4. The number of hydrogen-bond acceptors (Lipinski definition) is 4. The highest BCUT2D eigenvalue weighted by Gasteiger charge is 2.42. The number of hydrogen-bond donors (Lipinski definition) is 0. The van der Waals surface area contributed by atoms with Gasteiger partial charge in [-0.3, -0.25) is 4.57 Å². The Kier molecular flexibility index (Phi) is 11.5. The third-order valence-corrected chi connectivity index (χ3v) is 13.8. The standard InChI is InChI=1S/C63H70N4O/c1-59(2,3)45-32-33-64-56(38-45)67-54-31-28-46(63(13,14)44-24-19-16-20-25-44)37-53(54)52-30-29-51(40-55(52)67)68-50-27-21-26-48(39-50)65-41-66(58(62(10,11)12)57(65)61(7,8)9)49-35-43(42-22-17-15-18-23-42)34-47(36-49)60(4,5)6/h15-40H,41H2,1-14H3. The number of pyridine rings is 1. The Morgan fingerprint density at radius 1 is 0.412 bits per heavy atom. The lowest BCUT2D eigenvalue weighted by molar-refractivity contribution is 0.444. The summed E-state index contributed by atoms with van der Waals surface area (Å²) in [6.45, 7) is 33.1. The molecule has 2 aromatic heterocycles. The molecule has 5 nitrogen and oxygen atoms in total. The van der Waals surface area contributed by atoms with Crippen molar-refractivity contribution in [3.8, 4) is 28.4 Å². The molecule has 0 amide bonds. The highest BCUT2D eigenvalue weighted by molar-refractivity contribution is 6.10. The van der Waals surface area contributed by atoms with Gasteiger partial charge in [0, 0.05) is 68.1 Å². The fourth-order valence-corrected chi connectivity index (χ4v) is 10.1. The molecule has 0 saturated heterocycles. The lowest BCUT2D eigenvalue weighted by Crippen LogP contribution is -2.31. The topological polar surface area (TPSA) is 33.5 Å². The third-order valence-electron chi connectivity index (χ3n) is 13.8. The third kappa shape index (κ3) is 8.84. The molecule has 68 heavy (non-hydrogen) atoms. The van der Waals surface area contributed by atoms with Crippen LogP contribution in [-0.4, -0.2) is 16.2 Å². The van der Waals surface area contributed by atoms with Crippen molar-refractivity contribution in [2.75, 3.05) is 16.5 Å². The van der Waals surface area contributed by atoms with Crippen molar-refractivity contribution in [1.82, 2.24) is 9.55 Å². The Morgan fingerprint density at radius 2 is 1.04 bits per heavy atom. The summed E-state index contributed by atoms with van der Waals surface area (Å²) in [4.78, 5) is 10.1. The van der Waals surface area contributed by atoms with Gasteiger partial charge in [-0.25, -0.2) is 4.98 Å². The van der Waals surface area contributed by atoms with Gasteiger partial charge in [-0.2, -0.15) is 0 Å². The average Bonchev–Trinajstić information content (AvgIpc) is 3.87. The van der Waals surface area contributed by atoms with E-state index in [2.05, 4.69) is 263 Å². The smallest absolute Gasteiger partial charge is 0.137 e. The van der Waals surface area contributed by atoms with Crippen molar-refractivity contribution >= 4 is 33.2 Å². The zero-order valence-electron chi connectivity index (χ0n) is 42.9. The molecule has 5 heteroatoms. The summed E-state index contributed by atoms with van der Waals surface area (Å²) in [5.74, 6) is 2.45. The van der Waals surface area contributed by atoms with Gasteiger partial charge in [0.1, 0.15) is 17.3 Å². The van der Waals surface area contributed by atoms with E-state index in [0.717, 1.165) is 39.4 Å². The molecular formula is C63H70N4O. The summed E-state index contributed by atoms with van der Waals surface area (Å²) < 4.78 is 9.25. The van der Waals surface area contributed by atoms with Gasteiger partial charge in [-0.1, -0.05) is 176 Å². The Labute approximate surface area is 406 Å². The van der Waals surface area contributed by atoms with Gasteiger partial charge in [0.2, 0.25) is 0 Å². The molecular weight excluding hydrogens is 829 g/mol. The number of nitrogens with zero attached hydrogens (tertiary/aromatic N) is 4. The van der Waals surface area contributed by atoms with E-state index >= 15 is 0 Å². The van der Waals surface area contributed by atoms with Crippen molar-refractivity contribution in [2.45, 2.75) is 113 Å². The van der Waals surface area contributed by atoms with E-state index in [4.69, 9.17) is 9.72 Å². The molecule has 0 bridgehead atoms. The van der Waals surface area contributed by atoms with Crippen molar-refractivity contribution in [3.63, 3.8) is 0 Å². The number of allylic oxidation sites excluding steroid dienone is 2. The second-order valence-electron chi connectivity index (χ2n) is 23.6. The molecule has 0 radical (unpaired) electrons. The van der Waals surface area contributed by atoms with Crippen LogP contribution in [0, 0.1) is 10.8 Å². The number of ether oxygens (including phenoxy) is 1. The number of rotatable bonds is 8. The SMILES string of the molecule is CC(C)(C)C1=C(C(C)(C)C)N(c2cc(-c3ccccc3)cc(C(C)(C)C)c2)CN1c1cccc(Oc2ccc3c4cc(C(C)(C)c5ccccc5)ccc4n(-c4cc(C(C)(C)C)ccn4)c3c2)c1. The highest BCUT2D eigenvalue weighted by atomic mass is 16.5. The molecule has 0 aliphatic carbocycles. The van der Waals surface area contributed by atoms with Crippen molar-refractivity contribution in [1.29, 1.82) is 0 Å². The first-order valence-electron chi connectivity index (χ1n) is 24.4. The fourth-order valence-electron chi connectivity index (χ4n) is 10.1. The molecule has 6 aromatic carbocycles. The highest BCUT2D eigenvalue weighted by Crippen LogP contribution is 2.49. The Morgan fingerprint density at radius 3 is 1.69 bits per heavy atom. The van der Waals surface area contributed by atoms with Gasteiger partial charge in [0.25, 0.3) is 0 Å². The van der Waals surface area contributed by atoms with Crippen LogP contribution in [0.15, 0.2) is 169 Å². The van der Waals surface area contributed by atoms with Crippen molar-refractivity contribution in [2.24, 2.45) is 10.8 Å². The zero-order chi connectivity index (χ0) is 48.6. The van der Waals surface area contributed by atoms with Crippen LogP contribution in [0.4, 0.5) is 11.4 Å². The van der Waals surface area contributed by atoms with E-state index in [1.165, 1.54) is 55.8 Å². The van der Waals surface area contributed by atoms with Crippen LogP contribution in [0.1, 0.15) is 119 Å². The normalized spacial score (nSPS) is 14.1. The zero-order valence-corrected chi connectivity index (χ0v) is 42.9. The van der Waals surface area contributed by atoms with E-state index in [0.29, 0.717) is 6.67 Å². The Hall–Kier alpha value is -6.59.